The molecule has 18 heavy (non-hydrogen) atoms. The Hall–Kier alpha value is -1.56. The molecule has 2 aromatic carbocycles. The van der Waals surface area contributed by atoms with Gasteiger partial charge in [-0.15, -0.1) is 0 Å². The summed E-state index contributed by atoms with van der Waals surface area (Å²) in [6.45, 7) is 0. The summed E-state index contributed by atoms with van der Waals surface area (Å²) < 4.78 is 1.02. The molecule has 4 heteroatoms. The number of nitrogens with two attached hydrogens (primary N) is 1. The molecule has 0 bridgehead atoms. The third kappa shape index (κ3) is 3.46. The fourth-order valence-electron chi connectivity index (χ4n) is 1.65. The Kier molecular flexibility index (Phi) is 4.19. The first-order chi connectivity index (χ1) is 8.65. The molecule has 0 aliphatic heterocycles. The highest BCUT2D eigenvalue weighted by atomic mass is 127. The molecule has 1 amide bonds. The smallest absolute Gasteiger partial charge is 0.228 e. The van der Waals surface area contributed by atoms with Crippen LogP contribution < -0.4 is 11.1 Å². The zero-order valence-corrected chi connectivity index (χ0v) is 11.8. The van der Waals surface area contributed by atoms with Crippen LogP contribution in [0.2, 0.25) is 0 Å². The topological polar surface area (TPSA) is 55.1 Å². The van der Waals surface area contributed by atoms with E-state index >= 15 is 0 Å². The molecular formula is C14H13IN2O. The highest BCUT2D eigenvalue weighted by Crippen LogP contribution is 2.17. The van der Waals surface area contributed by atoms with Crippen LogP contribution in [0.1, 0.15) is 5.56 Å². The number of nitrogens with one attached hydrogen (secondary N) is 1. The molecule has 3 N–H and O–H groups in total. The van der Waals surface area contributed by atoms with Crippen LogP contribution in [0.25, 0.3) is 0 Å². The molecule has 2 rings (SSSR count). The van der Waals surface area contributed by atoms with Gasteiger partial charge in [-0.3, -0.25) is 4.79 Å². The van der Waals surface area contributed by atoms with E-state index in [1.54, 1.807) is 0 Å². The molecule has 0 aliphatic rings. The van der Waals surface area contributed by atoms with Crippen molar-refractivity contribution in [2.45, 2.75) is 6.42 Å². The van der Waals surface area contributed by atoms with Crippen molar-refractivity contribution in [3.8, 4) is 0 Å². The number of carbonyl (C=O) groups excluding carboxylic acids is 1. The summed E-state index contributed by atoms with van der Waals surface area (Å²) in [5, 5.41) is 2.89. The van der Waals surface area contributed by atoms with Crippen molar-refractivity contribution in [2.75, 3.05) is 11.1 Å². The Morgan fingerprint density at radius 1 is 1.17 bits per heavy atom. The average Bonchev–Trinajstić information content (AvgIpc) is 2.32. The molecule has 0 unspecified atom stereocenters. The molecule has 0 spiro atoms. The average molecular weight is 352 g/mol. The lowest BCUT2D eigenvalue weighted by Crippen LogP contribution is -2.15. The van der Waals surface area contributed by atoms with Gasteiger partial charge in [-0.05, 0) is 52.4 Å². The van der Waals surface area contributed by atoms with Crippen molar-refractivity contribution in [3.05, 3.63) is 57.7 Å². The minimum atomic E-state index is -0.0373. The number of nitrogen functional groups attached to an aromatic ring is 1. The van der Waals surface area contributed by atoms with Gasteiger partial charge in [-0.25, -0.2) is 0 Å². The van der Waals surface area contributed by atoms with E-state index in [-0.39, 0.29) is 5.91 Å². The standard InChI is InChI=1S/C14H13IN2O/c15-12-6-1-2-7-13(12)17-14(18)9-10-4-3-5-11(16)8-10/h1-8H,9,16H2,(H,17,18). The minimum absolute atomic E-state index is 0.0373. The molecule has 0 heterocycles. The van der Waals surface area contributed by atoms with E-state index in [4.69, 9.17) is 5.73 Å². The third-order valence-electron chi connectivity index (χ3n) is 2.46. The normalized spacial score (nSPS) is 10.1. The van der Waals surface area contributed by atoms with Gasteiger partial charge >= 0.3 is 0 Å². The van der Waals surface area contributed by atoms with E-state index in [0.717, 1.165) is 14.8 Å². The second-order valence-corrected chi connectivity index (χ2v) is 5.11. The number of hydrogen-bond donors (Lipinski definition) is 2. The number of rotatable bonds is 3. The van der Waals surface area contributed by atoms with Gasteiger partial charge in [0.2, 0.25) is 5.91 Å². The maximum absolute atomic E-state index is 11.9. The summed E-state index contributed by atoms with van der Waals surface area (Å²) in [6, 6.07) is 15.1. The van der Waals surface area contributed by atoms with E-state index in [1.165, 1.54) is 0 Å². The van der Waals surface area contributed by atoms with Gasteiger partial charge in [0.05, 0.1) is 12.1 Å². The van der Waals surface area contributed by atoms with Crippen molar-refractivity contribution < 1.29 is 4.79 Å². The fourth-order valence-corrected chi connectivity index (χ4v) is 2.17. The van der Waals surface area contributed by atoms with E-state index in [9.17, 15) is 4.79 Å². The predicted molar refractivity (Wildman–Crippen MR) is 82.3 cm³/mol. The highest BCUT2D eigenvalue weighted by molar-refractivity contribution is 14.1. The lowest BCUT2D eigenvalue weighted by atomic mass is 10.1. The molecule has 92 valence electrons. The zero-order chi connectivity index (χ0) is 13.0. The number of anilines is 2. The lowest BCUT2D eigenvalue weighted by molar-refractivity contribution is -0.115. The third-order valence-corrected chi connectivity index (χ3v) is 3.40. The number of carbonyl (C=O) groups is 1. The van der Waals surface area contributed by atoms with Crippen LogP contribution in [0, 0.1) is 3.57 Å². The Morgan fingerprint density at radius 2 is 1.94 bits per heavy atom. The number of benzene rings is 2. The summed E-state index contributed by atoms with van der Waals surface area (Å²) in [7, 11) is 0. The zero-order valence-electron chi connectivity index (χ0n) is 9.69. The minimum Gasteiger partial charge on any atom is -0.399 e. The Labute approximate surface area is 120 Å². The van der Waals surface area contributed by atoms with Crippen LogP contribution in [0.3, 0.4) is 0 Å². The van der Waals surface area contributed by atoms with Crippen LogP contribution in [0.15, 0.2) is 48.5 Å². The van der Waals surface area contributed by atoms with Gasteiger partial charge in [-0.2, -0.15) is 0 Å². The van der Waals surface area contributed by atoms with Gasteiger partial charge in [-0.1, -0.05) is 24.3 Å². The molecule has 0 saturated carbocycles. The lowest BCUT2D eigenvalue weighted by Gasteiger charge is -2.07. The molecule has 0 radical (unpaired) electrons. The quantitative estimate of drug-likeness (QED) is 0.659. The van der Waals surface area contributed by atoms with E-state index in [0.29, 0.717) is 12.1 Å². The molecule has 0 aliphatic carbocycles. The Morgan fingerprint density at radius 3 is 2.67 bits per heavy atom. The predicted octanol–water partition coefficient (Wildman–Crippen LogP) is 3.05. The first-order valence-electron chi connectivity index (χ1n) is 5.54. The summed E-state index contributed by atoms with van der Waals surface area (Å²) in [4.78, 5) is 11.9. The second-order valence-electron chi connectivity index (χ2n) is 3.95. The summed E-state index contributed by atoms with van der Waals surface area (Å²) >= 11 is 2.20. The largest absolute Gasteiger partial charge is 0.399 e. The van der Waals surface area contributed by atoms with Crippen LogP contribution in [-0.4, -0.2) is 5.91 Å². The molecule has 0 aromatic heterocycles. The highest BCUT2D eigenvalue weighted by Gasteiger charge is 2.06. The molecule has 3 nitrogen and oxygen atoms in total. The number of halogens is 1. The SMILES string of the molecule is Nc1cccc(CC(=O)Nc2ccccc2I)c1. The monoisotopic (exact) mass is 352 g/mol. The fraction of sp³-hybridized carbons (Fsp3) is 0.0714. The van der Waals surface area contributed by atoms with Gasteiger partial charge in [0.15, 0.2) is 0 Å². The second kappa shape index (κ2) is 5.86. The summed E-state index contributed by atoms with van der Waals surface area (Å²) in [5.41, 5.74) is 8.11. The number of para-hydroxylation sites is 1. The maximum atomic E-state index is 11.9. The van der Waals surface area contributed by atoms with Crippen LogP contribution >= 0.6 is 22.6 Å². The van der Waals surface area contributed by atoms with Gasteiger partial charge in [0, 0.05) is 9.26 Å². The summed E-state index contributed by atoms with van der Waals surface area (Å²) in [5.74, 6) is -0.0373. The van der Waals surface area contributed by atoms with E-state index < -0.39 is 0 Å². The molecule has 0 atom stereocenters. The van der Waals surface area contributed by atoms with Crippen molar-refractivity contribution in [1.29, 1.82) is 0 Å². The molecular weight excluding hydrogens is 339 g/mol. The van der Waals surface area contributed by atoms with Crippen molar-refractivity contribution in [3.63, 3.8) is 0 Å². The van der Waals surface area contributed by atoms with Crippen molar-refractivity contribution in [2.24, 2.45) is 0 Å². The Bertz CT molecular complexity index is 569. The number of amides is 1. The summed E-state index contributed by atoms with van der Waals surface area (Å²) in [6.07, 6.45) is 0.329. The van der Waals surface area contributed by atoms with E-state index in [2.05, 4.69) is 27.9 Å². The van der Waals surface area contributed by atoms with Crippen LogP contribution in [-0.2, 0) is 11.2 Å². The molecule has 0 saturated heterocycles. The van der Waals surface area contributed by atoms with Gasteiger partial charge < -0.3 is 11.1 Å². The first kappa shape index (κ1) is 12.9. The van der Waals surface area contributed by atoms with Gasteiger partial charge in [0.1, 0.15) is 0 Å². The maximum Gasteiger partial charge on any atom is 0.228 e. The first-order valence-corrected chi connectivity index (χ1v) is 6.62. The van der Waals surface area contributed by atoms with Crippen molar-refractivity contribution >= 4 is 39.9 Å². The van der Waals surface area contributed by atoms with Crippen LogP contribution in [0.5, 0.6) is 0 Å². The number of hydrogen-bond acceptors (Lipinski definition) is 2. The van der Waals surface area contributed by atoms with Crippen LogP contribution in [0.4, 0.5) is 11.4 Å². The Balaban J connectivity index is 2.03. The molecule has 2 aromatic rings. The van der Waals surface area contributed by atoms with Crippen molar-refractivity contribution in [1.82, 2.24) is 0 Å². The molecule has 0 fully saturated rings. The van der Waals surface area contributed by atoms with E-state index in [1.807, 2.05) is 48.5 Å². The van der Waals surface area contributed by atoms with Gasteiger partial charge in [0.25, 0.3) is 0 Å².